The van der Waals surface area contributed by atoms with E-state index in [1.54, 1.807) is 0 Å². The van der Waals surface area contributed by atoms with Crippen LogP contribution in [0.2, 0.25) is 0 Å². The van der Waals surface area contributed by atoms with Gasteiger partial charge in [0.25, 0.3) is 0 Å². The molecule has 0 bridgehead atoms. The van der Waals surface area contributed by atoms with Crippen LogP contribution in [0.5, 0.6) is 0 Å². The summed E-state index contributed by atoms with van der Waals surface area (Å²) in [5.74, 6) is 0.564. The number of hydrogen-bond acceptors (Lipinski definition) is 4. The predicted octanol–water partition coefficient (Wildman–Crippen LogP) is 2.99. The van der Waals surface area contributed by atoms with Gasteiger partial charge in [-0.1, -0.05) is 25.1 Å². The highest BCUT2D eigenvalue weighted by Gasteiger charge is 2.29. The first-order chi connectivity index (χ1) is 11.7. The highest BCUT2D eigenvalue weighted by molar-refractivity contribution is 5.32. The minimum Gasteiger partial charge on any atom is -0.299 e. The zero-order chi connectivity index (χ0) is 16.9. The Bertz CT molecular complexity index is 656. The molecule has 0 spiro atoms. The first-order valence-electron chi connectivity index (χ1n) is 8.84. The van der Waals surface area contributed by atoms with Gasteiger partial charge in [-0.2, -0.15) is 0 Å². The molecule has 2 N–H and O–H groups in total. The van der Waals surface area contributed by atoms with Crippen molar-refractivity contribution in [2.75, 3.05) is 19.6 Å². The van der Waals surface area contributed by atoms with Crippen molar-refractivity contribution in [2.45, 2.75) is 33.4 Å². The van der Waals surface area contributed by atoms with Gasteiger partial charge in [-0.15, -0.1) is 0 Å². The smallest absolute Gasteiger partial charge is 0.0515 e. The standard InChI is InChI=1S/C20H28N4/c1-4-24(13-17-7-9-21-10-8-17)14-19-12-22-23-20(19)18-6-5-15(2)16(3)11-18/h5-11,19-20,22-23H,4,12-14H2,1-3H3. The van der Waals surface area contributed by atoms with Gasteiger partial charge in [0, 0.05) is 37.9 Å². The van der Waals surface area contributed by atoms with Crippen molar-refractivity contribution in [3.8, 4) is 0 Å². The van der Waals surface area contributed by atoms with E-state index in [9.17, 15) is 0 Å². The van der Waals surface area contributed by atoms with E-state index >= 15 is 0 Å². The van der Waals surface area contributed by atoms with Gasteiger partial charge in [-0.25, -0.2) is 5.43 Å². The van der Waals surface area contributed by atoms with Gasteiger partial charge in [0.2, 0.25) is 0 Å². The zero-order valence-corrected chi connectivity index (χ0v) is 14.9. The Morgan fingerprint density at radius 1 is 1.12 bits per heavy atom. The van der Waals surface area contributed by atoms with E-state index in [1.165, 1.54) is 22.3 Å². The molecular formula is C20H28N4. The number of benzene rings is 1. The molecule has 1 aliphatic heterocycles. The van der Waals surface area contributed by atoms with E-state index in [0.717, 1.165) is 26.2 Å². The van der Waals surface area contributed by atoms with E-state index in [4.69, 9.17) is 0 Å². The summed E-state index contributed by atoms with van der Waals surface area (Å²) in [7, 11) is 0. The summed E-state index contributed by atoms with van der Waals surface area (Å²) in [4.78, 5) is 6.63. The number of hydrazine groups is 1. The highest BCUT2D eigenvalue weighted by atomic mass is 15.4. The van der Waals surface area contributed by atoms with Crippen LogP contribution in [0.25, 0.3) is 0 Å². The molecule has 128 valence electrons. The Hall–Kier alpha value is -1.75. The molecule has 0 aliphatic carbocycles. The SMILES string of the molecule is CCN(Cc1ccncc1)CC1CNNC1c1ccc(C)c(C)c1. The summed E-state index contributed by atoms with van der Waals surface area (Å²) in [6.07, 6.45) is 3.75. The summed E-state index contributed by atoms with van der Waals surface area (Å²) in [6.45, 7) is 10.7. The van der Waals surface area contributed by atoms with E-state index in [2.05, 4.69) is 71.8 Å². The maximum Gasteiger partial charge on any atom is 0.0515 e. The second-order valence-corrected chi connectivity index (χ2v) is 6.79. The van der Waals surface area contributed by atoms with Crippen LogP contribution >= 0.6 is 0 Å². The number of aryl methyl sites for hydroxylation is 2. The summed E-state index contributed by atoms with van der Waals surface area (Å²) >= 11 is 0. The lowest BCUT2D eigenvalue weighted by Crippen LogP contribution is -2.32. The number of aromatic nitrogens is 1. The second kappa shape index (κ2) is 7.88. The number of rotatable bonds is 6. The van der Waals surface area contributed by atoms with Crippen LogP contribution in [0.1, 0.15) is 35.2 Å². The maximum absolute atomic E-state index is 4.11. The van der Waals surface area contributed by atoms with Crippen LogP contribution in [0.15, 0.2) is 42.7 Å². The number of pyridine rings is 1. The van der Waals surface area contributed by atoms with Crippen LogP contribution < -0.4 is 10.9 Å². The number of nitrogens with one attached hydrogen (secondary N) is 2. The number of nitrogens with zero attached hydrogens (tertiary/aromatic N) is 2. The molecule has 2 unspecified atom stereocenters. The second-order valence-electron chi connectivity index (χ2n) is 6.79. The molecular weight excluding hydrogens is 296 g/mol. The Labute approximate surface area is 145 Å². The Kier molecular flexibility index (Phi) is 5.61. The fourth-order valence-electron chi connectivity index (χ4n) is 3.40. The third-order valence-electron chi connectivity index (χ3n) is 5.08. The molecule has 0 saturated carbocycles. The van der Waals surface area contributed by atoms with Crippen LogP contribution in [0.4, 0.5) is 0 Å². The van der Waals surface area contributed by atoms with Crippen molar-refractivity contribution in [3.05, 3.63) is 65.0 Å². The Balaban J connectivity index is 1.69. The molecule has 4 nitrogen and oxygen atoms in total. The van der Waals surface area contributed by atoms with Crippen molar-refractivity contribution in [1.82, 2.24) is 20.7 Å². The first-order valence-corrected chi connectivity index (χ1v) is 8.84. The van der Waals surface area contributed by atoms with Crippen LogP contribution in [-0.4, -0.2) is 29.5 Å². The lowest BCUT2D eigenvalue weighted by molar-refractivity contribution is 0.228. The van der Waals surface area contributed by atoms with Crippen LogP contribution in [0.3, 0.4) is 0 Å². The molecule has 1 aromatic heterocycles. The van der Waals surface area contributed by atoms with Crippen molar-refractivity contribution in [2.24, 2.45) is 5.92 Å². The monoisotopic (exact) mass is 324 g/mol. The molecule has 2 aromatic rings. The Morgan fingerprint density at radius 2 is 1.92 bits per heavy atom. The van der Waals surface area contributed by atoms with E-state index in [-0.39, 0.29) is 0 Å². The van der Waals surface area contributed by atoms with Gasteiger partial charge >= 0.3 is 0 Å². The van der Waals surface area contributed by atoms with Crippen LogP contribution in [0, 0.1) is 19.8 Å². The van der Waals surface area contributed by atoms with Gasteiger partial charge in [-0.05, 0) is 54.8 Å². The largest absolute Gasteiger partial charge is 0.299 e. The van der Waals surface area contributed by atoms with Crippen molar-refractivity contribution in [3.63, 3.8) is 0 Å². The molecule has 1 saturated heterocycles. The molecule has 2 atom stereocenters. The minimum atomic E-state index is 0.371. The Morgan fingerprint density at radius 3 is 2.62 bits per heavy atom. The van der Waals surface area contributed by atoms with Gasteiger partial charge in [0.05, 0.1) is 6.04 Å². The summed E-state index contributed by atoms with van der Waals surface area (Å²) in [5.41, 5.74) is 12.3. The van der Waals surface area contributed by atoms with Crippen LogP contribution in [-0.2, 0) is 6.54 Å². The predicted molar refractivity (Wildman–Crippen MR) is 98.5 cm³/mol. The molecule has 24 heavy (non-hydrogen) atoms. The molecule has 0 amide bonds. The fourth-order valence-corrected chi connectivity index (χ4v) is 3.40. The zero-order valence-electron chi connectivity index (χ0n) is 14.9. The highest BCUT2D eigenvalue weighted by Crippen LogP contribution is 2.27. The quantitative estimate of drug-likeness (QED) is 0.857. The summed E-state index contributed by atoms with van der Waals surface area (Å²) < 4.78 is 0. The van der Waals surface area contributed by atoms with Gasteiger partial charge in [0.1, 0.15) is 0 Å². The molecule has 1 aliphatic rings. The van der Waals surface area contributed by atoms with Crippen molar-refractivity contribution < 1.29 is 0 Å². The maximum atomic E-state index is 4.11. The molecule has 2 heterocycles. The molecule has 0 radical (unpaired) electrons. The molecule has 1 fully saturated rings. The molecule has 3 rings (SSSR count). The lowest BCUT2D eigenvalue weighted by Gasteiger charge is -2.27. The van der Waals surface area contributed by atoms with E-state index in [0.29, 0.717) is 12.0 Å². The lowest BCUT2D eigenvalue weighted by atomic mass is 9.92. The van der Waals surface area contributed by atoms with Crippen molar-refractivity contribution in [1.29, 1.82) is 0 Å². The van der Waals surface area contributed by atoms with Gasteiger partial charge in [0.15, 0.2) is 0 Å². The van der Waals surface area contributed by atoms with Crippen molar-refractivity contribution >= 4 is 0 Å². The average molecular weight is 324 g/mol. The minimum absolute atomic E-state index is 0.371. The first kappa shape index (κ1) is 17.1. The fraction of sp³-hybridized carbons (Fsp3) is 0.450. The van der Waals surface area contributed by atoms with Gasteiger partial charge in [-0.3, -0.25) is 15.3 Å². The number of hydrogen-bond donors (Lipinski definition) is 2. The normalized spacial score (nSPS) is 20.7. The molecule has 1 aromatic carbocycles. The summed E-state index contributed by atoms with van der Waals surface area (Å²) in [6, 6.07) is 11.4. The van der Waals surface area contributed by atoms with E-state index < -0.39 is 0 Å². The third kappa shape index (κ3) is 4.01. The van der Waals surface area contributed by atoms with E-state index in [1.807, 2.05) is 12.4 Å². The average Bonchev–Trinajstić information content (AvgIpc) is 3.06. The third-order valence-corrected chi connectivity index (χ3v) is 5.08. The topological polar surface area (TPSA) is 40.2 Å². The summed E-state index contributed by atoms with van der Waals surface area (Å²) in [5, 5.41) is 0. The van der Waals surface area contributed by atoms with Gasteiger partial charge < -0.3 is 0 Å². The molecule has 4 heteroatoms.